The first-order valence-electron chi connectivity index (χ1n) is 11.3. The summed E-state index contributed by atoms with van der Waals surface area (Å²) >= 11 is 5.58. The summed E-state index contributed by atoms with van der Waals surface area (Å²) < 4.78 is 1.66. The highest BCUT2D eigenvalue weighted by molar-refractivity contribution is 7.80. The third-order valence-electron chi connectivity index (χ3n) is 6.29. The number of hydrogen-bond donors (Lipinski definition) is 1. The first-order chi connectivity index (χ1) is 16.9. The molecule has 0 radical (unpaired) electrons. The Morgan fingerprint density at radius 1 is 1.14 bits per heavy atom. The second-order valence-corrected chi connectivity index (χ2v) is 9.25. The van der Waals surface area contributed by atoms with Crippen molar-refractivity contribution in [1.82, 2.24) is 34.4 Å². The smallest absolute Gasteiger partial charge is 0.329 e. The highest BCUT2D eigenvalue weighted by Crippen LogP contribution is 2.29. The van der Waals surface area contributed by atoms with E-state index in [1.807, 2.05) is 6.07 Å². The van der Waals surface area contributed by atoms with Crippen molar-refractivity contribution in [3.63, 3.8) is 0 Å². The van der Waals surface area contributed by atoms with Gasteiger partial charge in [0.05, 0.1) is 27.1 Å². The molecule has 4 aromatic heterocycles. The maximum atomic E-state index is 13.1. The van der Waals surface area contributed by atoms with E-state index in [-0.39, 0.29) is 17.8 Å². The van der Waals surface area contributed by atoms with Crippen LogP contribution in [0.2, 0.25) is 0 Å². The zero-order valence-corrected chi connectivity index (χ0v) is 20.0. The van der Waals surface area contributed by atoms with Gasteiger partial charge in [-0.15, -0.1) is 0 Å². The summed E-state index contributed by atoms with van der Waals surface area (Å²) in [5.41, 5.74) is 1.67. The molecule has 1 aliphatic heterocycles. The third kappa shape index (κ3) is 4.06. The Labute approximate surface area is 205 Å². The maximum absolute atomic E-state index is 13.1. The number of thiocarbonyl (C=S) groups is 1. The van der Waals surface area contributed by atoms with Gasteiger partial charge in [-0.2, -0.15) is 5.26 Å². The van der Waals surface area contributed by atoms with E-state index in [1.54, 1.807) is 16.7 Å². The molecular formula is C24H22N8O2S. The Balaban J connectivity index is 1.66. The molecule has 5 rings (SSSR count). The third-order valence-corrected chi connectivity index (χ3v) is 7.02. The van der Waals surface area contributed by atoms with Crippen LogP contribution in [0.3, 0.4) is 0 Å². The average molecular weight is 487 g/mol. The number of pyridine rings is 2. The van der Waals surface area contributed by atoms with Gasteiger partial charge in [-0.05, 0) is 25.0 Å². The minimum Gasteiger partial charge on any atom is -0.366 e. The van der Waals surface area contributed by atoms with Crippen molar-refractivity contribution in [2.75, 3.05) is 13.1 Å². The van der Waals surface area contributed by atoms with E-state index >= 15 is 0 Å². The number of nitrogens with zero attached hydrogens (tertiary/aromatic N) is 7. The summed E-state index contributed by atoms with van der Waals surface area (Å²) in [5.74, 6) is 0.340. The molecule has 176 valence electrons. The fourth-order valence-corrected chi connectivity index (χ4v) is 4.71. The molecule has 0 aliphatic carbocycles. The lowest BCUT2D eigenvalue weighted by molar-refractivity contribution is 0.262. The fourth-order valence-electron chi connectivity index (χ4n) is 4.53. The van der Waals surface area contributed by atoms with Crippen molar-refractivity contribution in [1.29, 1.82) is 5.26 Å². The summed E-state index contributed by atoms with van der Waals surface area (Å²) in [6.45, 7) is 5.63. The largest absolute Gasteiger partial charge is 0.366 e. The lowest BCUT2D eigenvalue weighted by Crippen LogP contribution is -2.43. The van der Waals surface area contributed by atoms with Crippen LogP contribution in [0.5, 0.6) is 0 Å². The van der Waals surface area contributed by atoms with Gasteiger partial charge < -0.3 is 4.90 Å². The van der Waals surface area contributed by atoms with E-state index in [9.17, 15) is 9.59 Å². The fraction of sp³-hybridized carbons (Fsp3) is 0.333. The summed E-state index contributed by atoms with van der Waals surface area (Å²) in [4.78, 5) is 48.6. The van der Waals surface area contributed by atoms with Crippen molar-refractivity contribution in [3.05, 3.63) is 57.4 Å². The minimum absolute atomic E-state index is 0.0605. The Hall–Kier alpha value is -4.04. The number of hydrogen-bond acceptors (Lipinski definition) is 8. The number of rotatable bonds is 3. The molecule has 0 saturated carbocycles. The standard InChI is InChI=1S/C24H22N8O2S/c1-13(2)23(35)31-7-5-15(6-8-31)32-21-16(22(33)30-24(32)34)12-26-18-4-3-17(29-20(18)21)14-10-27-19(9-25)28-11-14/h3-4,10-13,15H,5-8H2,1-2H3,(H,30,33,34). The van der Waals surface area contributed by atoms with Crippen LogP contribution < -0.4 is 11.2 Å². The van der Waals surface area contributed by atoms with E-state index in [4.69, 9.17) is 22.5 Å². The topological polar surface area (TPSA) is 133 Å². The first kappa shape index (κ1) is 22.7. The van der Waals surface area contributed by atoms with Crippen molar-refractivity contribution in [3.8, 4) is 17.3 Å². The van der Waals surface area contributed by atoms with Crippen LogP contribution in [0.15, 0.2) is 40.3 Å². The van der Waals surface area contributed by atoms with Gasteiger partial charge in [0.25, 0.3) is 5.56 Å². The minimum atomic E-state index is -0.497. The second-order valence-electron chi connectivity index (χ2n) is 8.83. The van der Waals surface area contributed by atoms with Crippen molar-refractivity contribution in [2.24, 2.45) is 5.92 Å². The molecule has 1 N–H and O–H groups in total. The summed E-state index contributed by atoms with van der Waals surface area (Å²) in [5, 5.41) is 9.27. The van der Waals surface area contributed by atoms with Crippen LogP contribution in [-0.2, 0) is 0 Å². The Bertz CT molecular complexity index is 1610. The molecule has 35 heavy (non-hydrogen) atoms. The number of likely N-dealkylation sites (tertiary alicyclic amines) is 1. The zero-order valence-electron chi connectivity index (χ0n) is 19.2. The highest BCUT2D eigenvalue weighted by Gasteiger charge is 2.26. The first-order valence-corrected chi connectivity index (χ1v) is 11.7. The molecule has 10 nitrogen and oxygen atoms in total. The SMILES string of the molecule is CC(C)C(=S)N1CCC(n2c(=O)[nH]c(=O)c3cnc4ccc(-c5cnc(C#N)nc5)nc4c32)CC1. The van der Waals surface area contributed by atoms with Gasteiger partial charge in [-0.1, -0.05) is 26.1 Å². The molecule has 0 bridgehead atoms. The summed E-state index contributed by atoms with van der Waals surface area (Å²) in [7, 11) is 0. The molecule has 0 unspecified atom stereocenters. The van der Waals surface area contributed by atoms with Gasteiger partial charge in [-0.25, -0.2) is 19.7 Å². The van der Waals surface area contributed by atoms with E-state index in [1.165, 1.54) is 18.6 Å². The number of nitriles is 1. The number of H-pyrrole nitrogens is 1. The number of aromatic amines is 1. The second kappa shape index (κ2) is 8.96. The molecule has 1 saturated heterocycles. The number of fused-ring (bicyclic) bond motifs is 3. The molecule has 1 aliphatic rings. The van der Waals surface area contributed by atoms with Crippen molar-refractivity contribution >= 4 is 39.1 Å². The predicted octanol–water partition coefficient (Wildman–Crippen LogP) is 2.58. The van der Waals surface area contributed by atoms with Crippen LogP contribution >= 0.6 is 12.2 Å². The summed E-state index contributed by atoms with van der Waals surface area (Å²) in [6.07, 6.45) is 5.94. The van der Waals surface area contributed by atoms with E-state index in [2.05, 4.69) is 38.7 Å². The van der Waals surface area contributed by atoms with Gasteiger partial charge in [0, 0.05) is 49.2 Å². The Morgan fingerprint density at radius 2 is 1.86 bits per heavy atom. The number of aromatic nitrogens is 6. The van der Waals surface area contributed by atoms with Crippen LogP contribution in [0.1, 0.15) is 38.6 Å². The Morgan fingerprint density at radius 3 is 2.51 bits per heavy atom. The molecule has 11 heteroatoms. The molecular weight excluding hydrogens is 464 g/mol. The van der Waals surface area contributed by atoms with Gasteiger partial charge in [0.15, 0.2) is 0 Å². The summed E-state index contributed by atoms with van der Waals surface area (Å²) in [6, 6.07) is 5.33. The average Bonchev–Trinajstić information content (AvgIpc) is 2.88. The number of piperidine rings is 1. The van der Waals surface area contributed by atoms with Gasteiger partial charge in [-0.3, -0.25) is 19.3 Å². The normalized spacial score (nSPS) is 14.5. The highest BCUT2D eigenvalue weighted by atomic mass is 32.1. The zero-order chi connectivity index (χ0) is 24.7. The van der Waals surface area contributed by atoms with Gasteiger partial charge in [0.1, 0.15) is 11.6 Å². The molecule has 0 atom stereocenters. The van der Waals surface area contributed by atoms with Gasteiger partial charge >= 0.3 is 5.69 Å². The quantitative estimate of drug-likeness (QED) is 0.342. The van der Waals surface area contributed by atoms with E-state index in [0.717, 1.165) is 18.1 Å². The van der Waals surface area contributed by atoms with E-state index in [0.29, 0.717) is 46.0 Å². The van der Waals surface area contributed by atoms with E-state index < -0.39 is 11.2 Å². The molecule has 0 aromatic carbocycles. The Kier molecular flexibility index (Phi) is 5.82. The van der Waals surface area contributed by atoms with Crippen molar-refractivity contribution < 1.29 is 0 Å². The monoisotopic (exact) mass is 486 g/mol. The maximum Gasteiger partial charge on any atom is 0.329 e. The van der Waals surface area contributed by atoms with Crippen LogP contribution in [0.4, 0.5) is 0 Å². The molecule has 0 spiro atoms. The van der Waals surface area contributed by atoms with Crippen LogP contribution in [0, 0.1) is 17.2 Å². The molecule has 5 heterocycles. The molecule has 1 fully saturated rings. The van der Waals surface area contributed by atoms with Crippen molar-refractivity contribution in [2.45, 2.75) is 32.7 Å². The lowest BCUT2D eigenvalue weighted by atomic mass is 10.0. The van der Waals surface area contributed by atoms with Gasteiger partial charge in [0.2, 0.25) is 5.82 Å². The van der Waals surface area contributed by atoms with Crippen LogP contribution in [-0.4, -0.2) is 52.5 Å². The number of nitrogens with one attached hydrogen (secondary N) is 1. The lowest BCUT2D eigenvalue weighted by Gasteiger charge is -2.36. The predicted molar refractivity (Wildman–Crippen MR) is 135 cm³/mol. The molecule has 0 amide bonds. The molecule has 4 aromatic rings. The van der Waals surface area contributed by atoms with Crippen LogP contribution in [0.25, 0.3) is 33.2 Å².